The van der Waals surface area contributed by atoms with Crippen LogP contribution >= 0.6 is 0 Å². The molecule has 0 unspecified atom stereocenters. The lowest BCUT2D eigenvalue weighted by molar-refractivity contribution is 0.396. The first kappa shape index (κ1) is 18.8. The summed E-state index contributed by atoms with van der Waals surface area (Å²) < 4.78 is 5.43. The number of para-hydroxylation sites is 3. The highest BCUT2D eigenvalue weighted by molar-refractivity contribution is 5.79. The van der Waals surface area contributed by atoms with Crippen molar-refractivity contribution in [2.24, 2.45) is 4.99 Å². The molecule has 0 atom stereocenters. The lowest BCUT2D eigenvalue weighted by Gasteiger charge is -2.23. The third-order valence-electron chi connectivity index (χ3n) is 4.49. The molecule has 0 spiro atoms. The zero-order valence-corrected chi connectivity index (χ0v) is 16.2. The van der Waals surface area contributed by atoms with Crippen LogP contribution in [-0.2, 0) is 13.0 Å². The Labute approximate surface area is 160 Å². The number of H-pyrrole nitrogens is 1. The molecule has 0 bridgehead atoms. The van der Waals surface area contributed by atoms with E-state index in [1.54, 1.807) is 14.2 Å². The second kappa shape index (κ2) is 9.07. The number of aryl methyl sites for hydroxylation is 1. The molecule has 0 radical (unpaired) electrons. The highest BCUT2D eigenvalue weighted by Crippen LogP contribution is 2.18. The minimum atomic E-state index is 0.729. The van der Waals surface area contributed by atoms with Gasteiger partial charge in [0.2, 0.25) is 0 Å². The summed E-state index contributed by atoms with van der Waals surface area (Å²) in [5, 5.41) is 3.42. The molecule has 0 saturated heterocycles. The Bertz CT molecular complexity index is 869. The number of fused-ring (bicyclic) bond motifs is 1. The maximum absolute atomic E-state index is 5.43. The molecule has 1 aromatic heterocycles. The first-order valence-electron chi connectivity index (χ1n) is 9.18. The maximum atomic E-state index is 5.43. The fourth-order valence-electron chi connectivity index (χ4n) is 3.13. The summed E-state index contributed by atoms with van der Waals surface area (Å²) in [5.41, 5.74) is 3.24. The van der Waals surface area contributed by atoms with Crippen molar-refractivity contribution < 1.29 is 4.74 Å². The van der Waals surface area contributed by atoms with E-state index in [4.69, 9.17) is 4.74 Å². The number of imidazole rings is 1. The average Bonchev–Trinajstić information content (AvgIpc) is 3.11. The van der Waals surface area contributed by atoms with Crippen LogP contribution < -0.4 is 10.1 Å². The highest BCUT2D eigenvalue weighted by Gasteiger charge is 2.10. The zero-order chi connectivity index (χ0) is 19.1. The van der Waals surface area contributed by atoms with Crippen LogP contribution in [0.1, 0.15) is 17.8 Å². The monoisotopic (exact) mass is 365 g/mol. The molecule has 0 amide bonds. The van der Waals surface area contributed by atoms with Gasteiger partial charge in [0, 0.05) is 39.2 Å². The van der Waals surface area contributed by atoms with Gasteiger partial charge >= 0.3 is 0 Å². The molecule has 142 valence electrons. The van der Waals surface area contributed by atoms with Gasteiger partial charge in [0.15, 0.2) is 5.96 Å². The van der Waals surface area contributed by atoms with Crippen LogP contribution in [0.15, 0.2) is 53.5 Å². The molecular formula is C21H27N5O. The lowest BCUT2D eigenvalue weighted by atomic mass is 10.2. The number of ether oxygens (including phenoxy) is 1. The van der Waals surface area contributed by atoms with Gasteiger partial charge in [-0.05, 0) is 24.6 Å². The summed E-state index contributed by atoms with van der Waals surface area (Å²) >= 11 is 0. The van der Waals surface area contributed by atoms with Crippen LogP contribution in [0.5, 0.6) is 5.75 Å². The number of rotatable bonds is 7. The summed E-state index contributed by atoms with van der Waals surface area (Å²) in [6.07, 6.45) is 1.87. The first-order chi connectivity index (χ1) is 13.2. The number of aliphatic imine (C=N–C) groups is 1. The van der Waals surface area contributed by atoms with Crippen LogP contribution in [0.3, 0.4) is 0 Å². The van der Waals surface area contributed by atoms with Gasteiger partial charge in [-0.2, -0.15) is 0 Å². The van der Waals surface area contributed by atoms with Crippen molar-refractivity contribution in [1.29, 1.82) is 0 Å². The number of nitrogens with zero attached hydrogens (tertiary/aromatic N) is 3. The van der Waals surface area contributed by atoms with E-state index in [0.29, 0.717) is 0 Å². The van der Waals surface area contributed by atoms with E-state index in [-0.39, 0.29) is 0 Å². The number of guanidine groups is 1. The molecule has 27 heavy (non-hydrogen) atoms. The number of hydrogen-bond donors (Lipinski definition) is 2. The van der Waals surface area contributed by atoms with Crippen LogP contribution in [0.25, 0.3) is 11.0 Å². The van der Waals surface area contributed by atoms with Crippen LogP contribution in [0, 0.1) is 0 Å². The van der Waals surface area contributed by atoms with E-state index < -0.39 is 0 Å². The second-order valence-electron chi connectivity index (χ2n) is 6.45. The normalized spacial score (nSPS) is 11.6. The van der Waals surface area contributed by atoms with Gasteiger partial charge in [-0.3, -0.25) is 4.99 Å². The quantitative estimate of drug-likeness (QED) is 0.383. The van der Waals surface area contributed by atoms with Crippen LogP contribution in [-0.4, -0.2) is 48.6 Å². The van der Waals surface area contributed by atoms with Gasteiger partial charge in [-0.1, -0.05) is 30.3 Å². The summed E-state index contributed by atoms with van der Waals surface area (Å²) in [6.45, 7) is 1.56. The maximum Gasteiger partial charge on any atom is 0.193 e. The molecule has 0 fully saturated rings. The Hall–Kier alpha value is -3.02. The predicted octanol–water partition coefficient (Wildman–Crippen LogP) is 3.21. The van der Waals surface area contributed by atoms with Crippen LogP contribution in [0.4, 0.5) is 0 Å². The van der Waals surface area contributed by atoms with Gasteiger partial charge in [0.25, 0.3) is 0 Å². The summed E-state index contributed by atoms with van der Waals surface area (Å²) in [7, 11) is 5.53. The minimum Gasteiger partial charge on any atom is -0.496 e. The second-order valence-corrected chi connectivity index (χ2v) is 6.45. The summed E-state index contributed by atoms with van der Waals surface area (Å²) in [6, 6.07) is 16.2. The van der Waals surface area contributed by atoms with E-state index >= 15 is 0 Å². The van der Waals surface area contributed by atoms with Crippen molar-refractivity contribution in [3.63, 3.8) is 0 Å². The number of aromatic amines is 1. The summed E-state index contributed by atoms with van der Waals surface area (Å²) in [4.78, 5) is 14.5. The number of methoxy groups -OCH3 is 1. The van der Waals surface area contributed by atoms with Crippen molar-refractivity contribution in [1.82, 2.24) is 20.2 Å². The third kappa shape index (κ3) is 4.78. The Balaban J connectivity index is 1.49. The van der Waals surface area contributed by atoms with E-state index in [9.17, 15) is 0 Å². The standard InChI is InChI=1S/C21H27N5O/c1-22-21(26(2)15-16-9-4-7-12-19(16)27-3)23-14-8-13-20-24-17-10-5-6-11-18(17)25-20/h4-7,9-12H,8,13-15H2,1-3H3,(H,22,23)(H,24,25). The fraction of sp³-hybridized carbons (Fsp3) is 0.333. The minimum absolute atomic E-state index is 0.729. The molecule has 1 heterocycles. The Morgan fingerprint density at radius 1 is 1.19 bits per heavy atom. The number of aromatic nitrogens is 2. The molecule has 2 N–H and O–H groups in total. The zero-order valence-electron chi connectivity index (χ0n) is 16.2. The molecule has 0 saturated carbocycles. The Morgan fingerprint density at radius 3 is 2.74 bits per heavy atom. The molecule has 6 heteroatoms. The smallest absolute Gasteiger partial charge is 0.193 e. The van der Waals surface area contributed by atoms with Gasteiger partial charge < -0.3 is 19.9 Å². The van der Waals surface area contributed by atoms with Crippen LogP contribution in [0.2, 0.25) is 0 Å². The Morgan fingerprint density at radius 2 is 1.96 bits per heavy atom. The van der Waals surface area contributed by atoms with Gasteiger partial charge in [0.1, 0.15) is 11.6 Å². The first-order valence-corrected chi connectivity index (χ1v) is 9.18. The lowest BCUT2D eigenvalue weighted by Crippen LogP contribution is -2.39. The average molecular weight is 365 g/mol. The highest BCUT2D eigenvalue weighted by atomic mass is 16.5. The molecular weight excluding hydrogens is 338 g/mol. The molecule has 6 nitrogen and oxygen atoms in total. The Kier molecular flexibility index (Phi) is 6.30. The molecule has 0 aliphatic rings. The van der Waals surface area contributed by atoms with E-state index in [2.05, 4.69) is 37.3 Å². The van der Waals surface area contributed by atoms with Crippen molar-refractivity contribution in [3.8, 4) is 5.75 Å². The van der Waals surface area contributed by atoms with E-state index in [0.717, 1.165) is 60.1 Å². The number of hydrogen-bond acceptors (Lipinski definition) is 3. The van der Waals surface area contributed by atoms with E-state index in [1.165, 1.54) is 0 Å². The largest absolute Gasteiger partial charge is 0.496 e. The third-order valence-corrected chi connectivity index (χ3v) is 4.49. The van der Waals surface area contributed by atoms with Gasteiger partial charge in [-0.25, -0.2) is 4.98 Å². The van der Waals surface area contributed by atoms with Crippen molar-refractivity contribution in [2.75, 3.05) is 27.7 Å². The summed E-state index contributed by atoms with van der Waals surface area (Å²) in [5.74, 6) is 2.78. The molecule has 0 aliphatic heterocycles. The molecule has 3 aromatic rings. The van der Waals surface area contributed by atoms with Gasteiger partial charge in [0.05, 0.1) is 18.1 Å². The van der Waals surface area contributed by atoms with Crippen molar-refractivity contribution >= 4 is 17.0 Å². The molecule has 0 aliphatic carbocycles. The van der Waals surface area contributed by atoms with E-state index in [1.807, 2.05) is 43.4 Å². The predicted molar refractivity (Wildman–Crippen MR) is 110 cm³/mol. The van der Waals surface area contributed by atoms with Crippen molar-refractivity contribution in [2.45, 2.75) is 19.4 Å². The molecule has 3 rings (SSSR count). The van der Waals surface area contributed by atoms with Crippen molar-refractivity contribution in [3.05, 3.63) is 59.9 Å². The van der Waals surface area contributed by atoms with Gasteiger partial charge in [-0.15, -0.1) is 0 Å². The number of benzene rings is 2. The fourth-order valence-corrected chi connectivity index (χ4v) is 3.13. The SMILES string of the molecule is CN=C(NCCCc1nc2ccccc2[nH]1)N(C)Cc1ccccc1OC. The topological polar surface area (TPSA) is 65.5 Å². The number of nitrogens with one attached hydrogen (secondary N) is 2. The molecule has 2 aromatic carbocycles.